The van der Waals surface area contributed by atoms with Gasteiger partial charge in [0.1, 0.15) is 17.6 Å². The molecular formula is C24H25BrN4O3. The summed E-state index contributed by atoms with van der Waals surface area (Å²) in [7, 11) is 1.74. The zero-order valence-corrected chi connectivity index (χ0v) is 19.5. The lowest BCUT2D eigenvalue weighted by atomic mass is 10.0. The SMILES string of the molecule is CCOc1ccccc1NC(=O)C(c1ccccc1)N(C)CC(=O)Nc1ccc(Br)cn1. The molecule has 3 rings (SSSR count). The van der Waals surface area contributed by atoms with E-state index in [0.717, 1.165) is 10.0 Å². The number of nitrogens with one attached hydrogen (secondary N) is 2. The number of carbonyl (C=O) groups excluding carboxylic acids is 2. The number of anilines is 2. The Labute approximate surface area is 195 Å². The van der Waals surface area contributed by atoms with Gasteiger partial charge >= 0.3 is 0 Å². The lowest BCUT2D eigenvalue weighted by Gasteiger charge is -2.27. The van der Waals surface area contributed by atoms with Crippen LogP contribution in [0.4, 0.5) is 11.5 Å². The molecule has 7 nitrogen and oxygen atoms in total. The summed E-state index contributed by atoms with van der Waals surface area (Å²) in [5.41, 5.74) is 1.35. The number of hydrogen-bond acceptors (Lipinski definition) is 5. The highest BCUT2D eigenvalue weighted by molar-refractivity contribution is 9.10. The minimum atomic E-state index is -0.686. The molecule has 0 saturated carbocycles. The summed E-state index contributed by atoms with van der Waals surface area (Å²) in [4.78, 5) is 31.8. The molecule has 3 aromatic rings. The topological polar surface area (TPSA) is 83.6 Å². The molecule has 166 valence electrons. The number of likely N-dealkylation sites (N-methyl/N-ethyl adjacent to an activating group) is 1. The molecule has 1 atom stereocenters. The average molecular weight is 497 g/mol. The molecule has 0 aliphatic rings. The van der Waals surface area contributed by atoms with Gasteiger partial charge in [0.05, 0.1) is 18.8 Å². The zero-order chi connectivity index (χ0) is 22.9. The first-order chi connectivity index (χ1) is 15.5. The van der Waals surface area contributed by atoms with Gasteiger partial charge in [0.2, 0.25) is 11.8 Å². The molecule has 0 radical (unpaired) electrons. The monoisotopic (exact) mass is 496 g/mol. The van der Waals surface area contributed by atoms with E-state index in [2.05, 4.69) is 31.5 Å². The number of pyridine rings is 1. The molecule has 2 aromatic carbocycles. The Morgan fingerprint density at radius 2 is 1.75 bits per heavy atom. The fourth-order valence-electron chi connectivity index (χ4n) is 3.24. The van der Waals surface area contributed by atoms with E-state index in [-0.39, 0.29) is 18.4 Å². The molecule has 2 N–H and O–H groups in total. The van der Waals surface area contributed by atoms with Crippen LogP contribution in [0.1, 0.15) is 18.5 Å². The van der Waals surface area contributed by atoms with E-state index >= 15 is 0 Å². The van der Waals surface area contributed by atoms with Crippen LogP contribution in [0.2, 0.25) is 0 Å². The summed E-state index contributed by atoms with van der Waals surface area (Å²) in [6.07, 6.45) is 1.61. The van der Waals surface area contributed by atoms with Crippen molar-refractivity contribution in [2.75, 3.05) is 30.8 Å². The van der Waals surface area contributed by atoms with E-state index in [9.17, 15) is 9.59 Å². The minimum Gasteiger partial charge on any atom is -0.492 e. The normalized spacial score (nSPS) is 11.6. The van der Waals surface area contributed by atoms with Crippen LogP contribution in [0.15, 0.2) is 77.4 Å². The Bertz CT molecular complexity index is 1040. The minimum absolute atomic E-state index is 0.00215. The van der Waals surface area contributed by atoms with Crippen molar-refractivity contribution < 1.29 is 14.3 Å². The first kappa shape index (κ1) is 23.4. The predicted molar refractivity (Wildman–Crippen MR) is 129 cm³/mol. The summed E-state index contributed by atoms with van der Waals surface area (Å²) in [5.74, 6) is 0.501. The van der Waals surface area contributed by atoms with Crippen molar-refractivity contribution in [2.24, 2.45) is 0 Å². The number of halogens is 1. The molecule has 1 heterocycles. The molecule has 1 unspecified atom stereocenters. The van der Waals surface area contributed by atoms with Crippen molar-refractivity contribution in [1.82, 2.24) is 9.88 Å². The summed E-state index contributed by atoms with van der Waals surface area (Å²) in [5, 5.41) is 5.71. The number of ether oxygens (including phenoxy) is 1. The number of carbonyl (C=O) groups is 2. The second-order valence-corrected chi connectivity index (χ2v) is 7.97. The van der Waals surface area contributed by atoms with Gasteiger partial charge in [-0.2, -0.15) is 0 Å². The Morgan fingerprint density at radius 1 is 1.03 bits per heavy atom. The third kappa shape index (κ3) is 6.38. The van der Waals surface area contributed by atoms with Gasteiger partial charge in [0, 0.05) is 10.7 Å². The van der Waals surface area contributed by atoms with Crippen molar-refractivity contribution in [2.45, 2.75) is 13.0 Å². The van der Waals surface area contributed by atoms with E-state index in [4.69, 9.17) is 4.74 Å². The van der Waals surface area contributed by atoms with Crippen LogP contribution in [0.25, 0.3) is 0 Å². The van der Waals surface area contributed by atoms with Crippen molar-refractivity contribution in [3.05, 3.63) is 83.0 Å². The smallest absolute Gasteiger partial charge is 0.246 e. The summed E-state index contributed by atoms with van der Waals surface area (Å²) >= 11 is 3.32. The number of rotatable bonds is 9. The van der Waals surface area contributed by atoms with Crippen molar-refractivity contribution in [1.29, 1.82) is 0 Å². The number of amides is 2. The van der Waals surface area contributed by atoms with Gasteiger partial charge in [0.15, 0.2) is 0 Å². The Hall–Kier alpha value is -3.23. The molecule has 32 heavy (non-hydrogen) atoms. The Balaban J connectivity index is 1.77. The van der Waals surface area contributed by atoms with Crippen molar-refractivity contribution in [3.8, 4) is 5.75 Å². The highest BCUT2D eigenvalue weighted by Gasteiger charge is 2.27. The van der Waals surface area contributed by atoms with E-state index in [0.29, 0.717) is 23.9 Å². The quantitative estimate of drug-likeness (QED) is 0.455. The van der Waals surface area contributed by atoms with E-state index in [1.807, 2.05) is 49.4 Å². The molecule has 0 aliphatic heterocycles. The molecule has 0 bridgehead atoms. The molecule has 2 amide bonds. The molecule has 8 heteroatoms. The summed E-state index contributed by atoms with van der Waals surface area (Å²) < 4.78 is 6.44. The largest absolute Gasteiger partial charge is 0.492 e. The third-order valence-electron chi connectivity index (χ3n) is 4.64. The van der Waals surface area contributed by atoms with Gasteiger partial charge in [0.25, 0.3) is 0 Å². The zero-order valence-electron chi connectivity index (χ0n) is 17.9. The Morgan fingerprint density at radius 3 is 2.44 bits per heavy atom. The first-order valence-electron chi connectivity index (χ1n) is 10.2. The fourth-order valence-corrected chi connectivity index (χ4v) is 3.48. The molecule has 1 aromatic heterocycles. The maximum Gasteiger partial charge on any atom is 0.246 e. The van der Waals surface area contributed by atoms with E-state index in [1.165, 1.54) is 0 Å². The second-order valence-electron chi connectivity index (χ2n) is 7.06. The van der Waals surface area contributed by atoms with E-state index in [1.54, 1.807) is 42.4 Å². The van der Waals surface area contributed by atoms with Crippen LogP contribution in [-0.4, -0.2) is 41.9 Å². The fraction of sp³-hybridized carbons (Fsp3) is 0.208. The van der Waals surface area contributed by atoms with Crippen LogP contribution in [0, 0.1) is 0 Å². The second kappa shape index (κ2) is 11.4. The van der Waals surface area contributed by atoms with E-state index < -0.39 is 6.04 Å². The van der Waals surface area contributed by atoms with Gasteiger partial charge in [-0.25, -0.2) is 4.98 Å². The van der Waals surface area contributed by atoms with Crippen LogP contribution >= 0.6 is 15.9 Å². The lowest BCUT2D eigenvalue weighted by Crippen LogP contribution is -2.39. The maximum atomic E-state index is 13.3. The average Bonchev–Trinajstić information content (AvgIpc) is 2.78. The van der Waals surface area contributed by atoms with Crippen LogP contribution in [0.5, 0.6) is 5.75 Å². The summed E-state index contributed by atoms with van der Waals surface area (Å²) in [6, 6.07) is 19.4. The Kier molecular flexibility index (Phi) is 8.35. The van der Waals surface area contributed by atoms with Gasteiger partial charge in [-0.15, -0.1) is 0 Å². The van der Waals surface area contributed by atoms with Crippen LogP contribution < -0.4 is 15.4 Å². The number of nitrogens with zero attached hydrogens (tertiary/aromatic N) is 2. The predicted octanol–water partition coefficient (Wildman–Crippen LogP) is 4.49. The number of aromatic nitrogens is 1. The number of hydrogen-bond donors (Lipinski definition) is 2. The lowest BCUT2D eigenvalue weighted by molar-refractivity contribution is -0.123. The molecule has 0 spiro atoms. The van der Waals surface area contributed by atoms with Crippen LogP contribution in [-0.2, 0) is 9.59 Å². The maximum absolute atomic E-state index is 13.3. The molecular weight excluding hydrogens is 472 g/mol. The molecule has 0 aliphatic carbocycles. The van der Waals surface area contributed by atoms with Gasteiger partial charge in [-0.1, -0.05) is 42.5 Å². The summed E-state index contributed by atoms with van der Waals surface area (Å²) in [6.45, 7) is 2.37. The van der Waals surface area contributed by atoms with Gasteiger partial charge in [-0.05, 0) is 59.7 Å². The molecule has 0 fully saturated rings. The highest BCUT2D eigenvalue weighted by Crippen LogP contribution is 2.27. The van der Waals surface area contributed by atoms with Crippen molar-refractivity contribution >= 4 is 39.2 Å². The van der Waals surface area contributed by atoms with Gasteiger partial charge < -0.3 is 15.4 Å². The van der Waals surface area contributed by atoms with Crippen LogP contribution in [0.3, 0.4) is 0 Å². The van der Waals surface area contributed by atoms with Gasteiger partial charge in [-0.3, -0.25) is 14.5 Å². The third-order valence-corrected chi connectivity index (χ3v) is 5.11. The highest BCUT2D eigenvalue weighted by atomic mass is 79.9. The number of para-hydroxylation sites is 2. The standard InChI is InChI=1S/C24H25BrN4O3/c1-3-32-20-12-8-7-11-19(20)27-24(31)23(17-9-5-4-6-10-17)29(2)16-22(30)28-21-14-13-18(25)15-26-21/h4-15,23H,3,16H2,1-2H3,(H,27,31)(H,26,28,30). The first-order valence-corrected chi connectivity index (χ1v) is 11.0. The van der Waals surface area contributed by atoms with Crippen molar-refractivity contribution in [3.63, 3.8) is 0 Å². The molecule has 0 saturated heterocycles. The number of benzene rings is 2.